The summed E-state index contributed by atoms with van der Waals surface area (Å²) in [4.78, 5) is 27.0. The molecule has 7 heteroatoms. The summed E-state index contributed by atoms with van der Waals surface area (Å²) in [6.45, 7) is 0.293. The van der Waals surface area contributed by atoms with Crippen LogP contribution in [0.1, 0.15) is 19.3 Å². The van der Waals surface area contributed by atoms with Crippen LogP contribution in [0.25, 0.3) is 0 Å². The molecule has 104 valence electrons. The highest BCUT2D eigenvalue weighted by Gasteiger charge is 2.01. The minimum absolute atomic E-state index is 0.218. The van der Waals surface area contributed by atoms with E-state index in [-0.39, 0.29) is 6.42 Å². The van der Waals surface area contributed by atoms with Crippen molar-refractivity contribution in [3.05, 3.63) is 30.3 Å². The zero-order chi connectivity index (χ0) is 13.9. The summed E-state index contributed by atoms with van der Waals surface area (Å²) in [5.41, 5.74) is 4.44. The summed E-state index contributed by atoms with van der Waals surface area (Å²) < 4.78 is 0. The number of para-hydroxylation sites is 1. The number of hydroxylamine groups is 2. The van der Waals surface area contributed by atoms with Gasteiger partial charge in [0.1, 0.15) is 0 Å². The Morgan fingerprint density at radius 3 is 2.58 bits per heavy atom. The van der Waals surface area contributed by atoms with E-state index in [0.717, 1.165) is 0 Å². The van der Waals surface area contributed by atoms with Gasteiger partial charge in [0.15, 0.2) is 0 Å². The summed E-state index contributed by atoms with van der Waals surface area (Å²) in [6, 6.07) is 8.52. The minimum Gasteiger partial charge on any atom is -0.306 e. The first-order chi connectivity index (χ1) is 9.22. The number of carbonyl (C=O) groups is 2. The molecule has 0 aliphatic carbocycles. The molecule has 4 N–H and O–H groups in total. The first-order valence-corrected chi connectivity index (χ1v) is 5.89. The highest BCUT2D eigenvalue weighted by Crippen LogP contribution is 2.04. The molecule has 7 nitrogen and oxygen atoms in total. The number of nitrogens with one attached hydrogen (secondary N) is 3. The molecule has 0 bridgehead atoms. The Morgan fingerprint density at radius 1 is 1.16 bits per heavy atom. The third-order valence-electron chi connectivity index (χ3n) is 2.22. The molecule has 0 aliphatic heterocycles. The Bertz CT molecular complexity index is 397. The second kappa shape index (κ2) is 8.90. The van der Waals surface area contributed by atoms with E-state index < -0.39 is 11.9 Å². The predicted molar refractivity (Wildman–Crippen MR) is 68.3 cm³/mol. The Morgan fingerprint density at radius 2 is 1.89 bits per heavy atom. The molecular weight excluding hydrogens is 250 g/mol. The molecule has 0 unspecified atom stereocenters. The van der Waals surface area contributed by atoms with Gasteiger partial charge in [-0.05, 0) is 25.0 Å². The maximum Gasteiger partial charge on any atom is 0.343 e. The molecule has 19 heavy (non-hydrogen) atoms. The summed E-state index contributed by atoms with van der Waals surface area (Å²) in [6.07, 6.45) is 1.38. The molecule has 0 aromatic heterocycles. The number of carbonyl (C=O) groups excluding carboxylic acids is 2. The second-order valence-electron chi connectivity index (χ2n) is 3.76. The summed E-state index contributed by atoms with van der Waals surface area (Å²) in [7, 11) is 0. The van der Waals surface area contributed by atoms with Crippen LogP contribution in [0.2, 0.25) is 0 Å². The van der Waals surface area contributed by atoms with E-state index in [1.54, 1.807) is 17.6 Å². The van der Waals surface area contributed by atoms with Crippen molar-refractivity contribution < 1.29 is 19.6 Å². The quantitative estimate of drug-likeness (QED) is 0.341. The lowest BCUT2D eigenvalue weighted by molar-refractivity contribution is -0.129. The predicted octanol–water partition coefficient (Wildman–Crippen LogP) is 1.42. The van der Waals surface area contributed by atoms with Gasteiger partial charge in [0.25, 0.3) is 0 Å². The number of unbranched alkanes of at least 4 members (excludes halogenated alkanes) is 1. The van der Waals surface area contributed by atoms with Gasteiger partial charge in [-0.15, -0.1) is 0 Å². The number of anilines is 1. The average Bonchev–Trinajstić information content (AvgIpc) is 2.43. The van der Waals surface area contributed by atoms with Crippen molar-refractivity contribution in [2.24, 2.45) is 0 Å². The number of hydrogen-bond donors (Lipinski definition) is 4. The minimum atomic E-state index is -0.459. The zero-order valence-corrected chi connectivity index (χ0v) is 10.4. The Hall–Kier alpha value is -2.12. The zero-order valence-electron chi connectivity index (χ0n) is 10.4. The largest absolute Gasteiger partial charge is 0.343 e. The van der Waals surface area contributed by atoms with Crippen LogP contribution in [-0.2, 0) is 9.63 Å². The molecule has 0 spiro atoms. The highest BCUT2D eigenvalue weighted by molar-refractivity contribution is 5.88. The van der Waals surface area contributed by atoms with Gasteiger partial charge >= 0.3 is 6.03 Å². The molecule has 0 atom stereocenters. The molecule has 0 fully saturated rings. The molecule has 3 amide bonds. The van der Waals surface area contributed by atoms with Crippen molar-refractivity contribution >= 4 is 17.6 Å². The van der Waals surface area contributed by atoms with E-state index in [4.69, 9.17) is 10.0 Å². The Labute approximate surface area is 110 Å². The lowest BCUT2D eigenvalue weighted by Gasteiger charge is -2.07. The standard InChI is InChI=1S/C12H17N3O4/c16-11(14-18)8-4-5-9-19-15-12(17)13-10-6-2-1-3-7-10/h1-3,6-7,18H,4-5,8-9H2,(H,14,16)(H2,13,15,17). The highest BCUT2D eigenvalue weighted by atomic mass is 16.7. The molecule has 1 aromatic rings. The number of rotatable bonds is 7. The van der Waals surface area contributed by atoms with Crippen molar-refractivity contribution in [2.75, 3.05) is 11.9 Å². The van der Waals surface area contributed by atoms with Gasteiger partial charge in [0.2, 0.25) is 5.91 Å². The number of amides is 3. The third-order valence-corrected chi connectivity index (χ3v) is 2.22. The third kappa shape index (κ3) is 7.02. The van der Waals surface area contributed by atoms with Gasteiger partial charge in [-0.3, -0.25) is 14.8 Å². The summed E-state index contributed by atoms with van der Waals surface area (Å²) >= 11 is 0. The van der Waals surface area contributed by atoms with E-state index in [0.29, 0.717) is 25.1 Å². The molecule has 0 aliphatic rings. The monoisotopic (exact) mass is 267 g/mol. The first-order valence-electron chi connectivity index (χ1n) is 5.89. The van der Waals surface area contributed by atoms with Crippen LogP contribution >= 0.6 is 0 Å². The molecule has 1 aromatic carbocycles. The van der Waals surface area contributed by atoms with Gasteiger partial charge in [-0.2, -0.15) is 0 Å². The molecule has 0 heterocycles. The first kappa shape index (κ1) is 14.9. The lowest BCUT2D eigenvalue weighted by atomic mass is 10.2. The fourth-order valence-electron chi connectivity index (χ4n) is 1.31. The fourth-order valence-corrected chi connectivity index (χ4v) is 1.31. The van der Waals surface area contributed by atoms with Crippen molar-refractivity contribution in [3.63, 3.8) is 0 Å². The van der Waals surface area contributed by atoms with Crippen molar-refractivity contribution in [3.8, 4) is 0 Å². The van der Waals surface area contributed by atoms with Crippen molar-refractivity contribution in [1.82, 2.24) is 11.0 Å². The van der Waals surface area contributed by atoms with Crippen LogP contribution in [0.3, 0.4) is 0 Å². The van der Waals surface area contributed by atoms with Crippen LogP contribution < -0.4 is 16.3 Å². The van der Waals surface area contributed by atoms with Crippen LogP contribution in [0, 0.1) is 0 Å². The van der Waals surface area contributed by atoms with Crippen molar-refractivity contribution in [2.45, 2.75) is 19.3 Å². The maximum atomic E-state index is 11.4. The number of urea groups is 1. The normalized spacial score (nSPS) is 9.74. The number of benzene rings is 1. The maximum absolute atomic E-state index is 11.4. The van der Waals surface area contributed by atoms with Crippen LogP contribution in [-0.4, -0.2) is 23.8 Å². The van der Waals surface area contributed by atoms with Crippen LogP contribution in [0.15, 0.2) is 30.3 Å². The van der Waals surface area contributed by atoms with E-state index in [2.05, 4.69) is 10.8 Å². The topological polar surface area (TPSA) is 99.7 Å². The molecule has 0 saturated heterocycles. The van der Waals surface area contributed by atoms with Crippen LogP contribution in [0.4, 0.5) is 10.5 Å². The van der Waals surface area contributed by atoms with Gasteiger partial charge in [0.05, 0.1) is 6.61 Å². The lowest BCUT2D eigenvalue weighted by Crippen LogP contribution is -2.29. The summed E-state index contributed by atoms with van der Waals surface area (Å²) in [5.74, 6) is -0.435. The Kier molecular flexibility index (Phi) is 7.00. The average molecular weight is 267 g/mol. The molecule has 0 radical (unpaired) electrons. The van der Waals surface area contributed by atoms with E-state index in [1.807, 2.05) is 18.2 Å². The smallest absolute Gasteiger partial charge is 0.306 e. The van der Waals surface area contributed by atoms with E-state index in [9.17, 15) is 9.59 Å². The molecule has 1 rings (SSSR count). The van der Waals surface area contributed by atoms with Crippen LogP contribution in [0.5, 0.6) is 0 Å². The second-order valence-corrected chi connectivity index (χ2v) is 3.76. The molecule has 0 saturated carbocycles. The Balaban J connectivity index is 2.03. The van der Waals surface area contributed by atoms with E-state index in [1.165, 1.54) is 0 Å². The molecular formula is C12H17N3O4. The summed E-state index contributed by atoms with van der Waals surface area (Å²) in [5, 5.41) is 10.8. The SMILES string of the molecule is O=C(CCCCONC(=O)Nc1ccccc1)NO. The van der Waals surface area contributed by atoms with Gasteiger partial charge in [0, 0.05) is 12.1 Å². The van der Waals surface area contributed by atoms with Gasteiger partial charge in [-0.1, -0.05) is 18.2 Å². The van der Waals surface area contributed by atoms with Gasteiger partial charge < -0.3 is 5.32 Å². The number of hydrogen-bond acceptors (Lipinski definition) is 4. The van der Waals surface area contributed by atoms with Gasteiger partial charge in [-0.25, -0.2) is 15.8 Å². The van der Waals surface area contributed by atoms with Crippen molar-refractivity contribution in [1.29, 1.82) is 0 Å². The van der Waals surface area contributed by atoms with E-state index >= 15 is 0 Å². The fraction of sp³-hybridized carbons (Fsp3) is 0.333.